The van der Waals surface area contributed by atoms with Gasteiger partial charge in [0.15, 0.2) is 0 Å². The van der Waals surface area contributed by atoms with Crippen molar-refractivity contribution in [2.45, 2.75) is 12.7 Å². The number of rotatable bonds is 5. The van der Waals surface area contributed by atoms with Crippen LogP contribution in [0.15, 0.2) is 48.5 Å². The predicted octanol–water partition coefficient (Wildman–Crippen LogP) is 4.46. The summed E-state index contributed by atoms with van der Waals surface area (Å²) in [5.41, 5.74) is -0.617. The van der Waals surface area contributed by atoms with Gasteiger partial charge in [0.05, 0.1) is 4.92 Å². The van der Waals surface area contributed by atoms with E-state index in [1.54, 1.807) is 0 Å². The molecule has 2 aromatic carbocycles. The summed E-state index contributed by atoms with van der Waals surface area (Å²) >= 11 is 5.76. The van der Waals surface area contributed by atoms with Gasteiger partial charge in [-0.05, 0) is 30.3 Å². The molecule has 0 fully saturated rings. The summed E-state index contributed by atoms with van der Waals surface area (Å²) in [6.45, 7) is 0. The molecule has 1 amide bonds. The smallest absolute Gasteiger partial charge is 0.272 e. The number of halogens is 4. The van der Waals surface area contributed by atoms with Crippen LogP contribution in [-0.4, -0.2) is 23.6 Å². The van der Waals surface area contributed by atoms with Crippen LogP contribution < -0.4 is 4.90 Å². The van der Waals surface area contributed by atoms with Crippen LogP contribution in [0, 0.1) is 10.1 Å². The van der Waals surface area contributed by atoms with E-state index < -0.39 is 23.6 Å². The Balaban J connectivity index is 2.42. The van der Waals surface area contributed by atoms with Crippen LogP contribution >= 0.6 is 11.6 Å². The van der Waals surface area contributed by atoms with Crippen molar-refractivity contribution in [3.8, 4) is 0 Å². The fourth-order valence-electron chi connectivity index (χ4n) is 1.98. The lowest BCUT2D eigenvalue weighted by Crippen LogP contribution is -2.42. The van der Waals surface area contributed by atoms with Gasteiger partial charge in [-0.1, -0.05) is 17.7 Å². The van der Waals surface area contributed by atoms with Crippen molar-refractivity contribution in [3.63, 3.8) is 0 Å². The Hall–Kier alpha value is -2.61. The number of hydrogen-bond donors (Lipinski definition) is 0. The van der Waals surface area contributed by atoms with Crippen molar-refractivity contribution in [3.05, 3.63) is 69.2 Å². The maximum absolute atomic E-state index is 14.0. The number of amides is 1. The van der Waals surface area contributed by atoms with E-state index in [-0.39, 0.29) is 26.9 Å². The Labute approximate surface area is 139 Å². The average Bonchev–Trinajstić information content (AvgIpc) is 2.55. The minimum Gasteiger partial charge on any atom is -0.272 e. The maximum Gasteiger partial charge on any atom is 0.288 e. The number of carbonyl (C=O) groups excluding carboxylic acids is 1. The number of anilines is 1. The topological polar surface area (TPSA) is 63.4 Å². The lowest BCUT2D eigenvalue weighted by molar-refractivity contribution is -0.384. The van der Waals surface area contributed by atoms with Crippen LogP contribution in [0.25, 0.3) is 0 Å². The van der Waals surface area contributed by atoms with Crippen LogP contribution in [0.2, 0.25) is 5.02 Å². The highest BCUT2D eigenvalue weighted by Crippen LogP contribution is 2.27. The third-order valence-electron chi connectivity index (χ3n) is 3.08. The van der Waals surface area contributed by atoms with Crippen molar-refractivity contribution in [1.82, 2.24) is 0 Å². The summed E-state index contributed by atoms with van der Waals surface area (Å²) in [6, 6.07) is 9.43. The molecular formula is C15H10ClF3N2O3. The van der Waals surface area contributed by atoms with E-state index in [1.165, 1.54) is 24.3 Å². The number of alkyl halides is 3. The van der Waals surface area contributed by atoms with Gasteiger partial charge in [-0.15, -0.1) is 0 Å². The van der Waals surface area contributed by atoms with Crippen LogP contribution in [-0.2, 0) is 0 Å². The molecule has 0 radical (unpaired) electrons. The van der Waals surface area contributed by atoms with Gasteiger partial charge in [0.1, 0.15) is 0 Å². The SMILES string of the molecule is O=C(c1ccc([N+](=O)[O-])cc1)N(c1cccc(Cl)c1)C(F)C(F)F. The van der Waals surface area contributed by atoms with Gasteiger partial charge in [0.2, 0.25) is 6.30 Å². The normalized spacial score (nSPS) is 12.0. The molecule has 5 nitrogen and oxygen atoms in total. The van der Waals surface area contributed by atoms with Crippen molar-refractivity contribution >= 4 is 28.9 Å². The van der Waals surface area contributed by atoms with Crippen molar-refractivity contribution in [1.29, 1.82) is 0 Å². The Bertz CT molecular complexity index is 756. The molecule has 1 atom stereocenters. The highest BCUT2D eigenvalue weighted by molar-refractivity contribution is 6.31. The summed E-state index contributed by atoms with van der Waals surface area (Å²) in [4.78, 5) is 22.6. The van der Waals surface area contributed by atoms with Crippen LogP contribution in [0.3, 0.4) is 0 Å². The molecule has 0 spiro atoms. The third kappa shape index (κ3) is 3.83. The second kappa shape index (κ2) is 7.31. The number of hydrogen-bond acceptors (Lipinski definition) is 3. The first-order chi connectivity index (χ1) is 11.3. The molecule has 0 saturated carbocycles. The van der Waals surface area contributed by atoms with Crippen LogP contribution in [0.4, 0.5) is 24.5 Å². The monoisotopic (exact) mass is 358 g/mol. The zero-order valence-corrected chi connectivity index (χ0v) is 12.7. The Morgan fingerprint density at radius 3 is 2.25 bits per heavy atom. The molecule has 24 heavy (non-hydrogen) atoms. The lowest BCUT2D eigenvalue weighted by atomic mass is 10.1. The number of carbonyl (C=O) groups is 1. The zero-order chi connectivity index (χ0) is 17.9. The number of nitrogens with zero attached hydrogens (tertiary/aromatic N) is 2. The Morgan fingerprint density at radius 2 is 1.75 bits per heavy atom. The van der Waals surface area contributed by atoms with Crippen molar-refractivity contribution in [2.75, 3.05) is 4.90 Å². The highest BCUT2D eigenvalue weighted by atomic mass is 35.5. The molecule has 0 aliphatic heterocycles. The van der Waals surface area contributed by atoms with Crippen LogP contribution in [0.5, 0.6) is 0 Å². The quantitative estimate of drug-likeness (QED) is 0.450. The van der Waals surface area contributed by atoms with Gasteiger partial charge in [-0.2, -0.15) is 0 Å². The second-order valence-corrected chi connectivity index (χ2v) is 5.10. The van der Waals surface area contributed by atoms with E-state index in [0.29, 0.717) is 0 Å². The summed E-state index contributed by atoms with van der Waals surface area (Å²) in [5, 5.41) is 10.7. The molecule has 9 heteroatoms. The molecule has 1 unspecified atom stereocenters. The average molecular weight is 359 g/mol. The minimum absolute atomic E-state index is 0.135. The van der Waals surface area contributed by atoms with Gasteiger partial charge in [-0.3, -0.25) is 19.8 Å². The standard InChI is InChI=1S/C15H10ClF3N2O3/c16-10-2-1-3-12(8-10)20(14(19)13(17)18)15(22)9-4-6-11(7-5-9)21(23)24/h1-8,13-14H. The van der Waals surface area contributed by atoms with Gasteiger partial charge < -0.3 is 0 Å². The predicted molar refractivity (Wildman–Crippen MR) is 82.3 cm³/mol. The Kier molecular flexibility index (Phi) is 5.40. The third-order valence-corrected chi connectivity index (χ3v) is 3.32. The van der Waals surface area contributed by atoms with E-state index in [2.05, 4.69) is 0 Å². The molecule has 2 rings (SSSR count). The molecule has 126 valence electrons. The fraction of sp³-hybridized carbons (Fsp3) is 0.133. The second-order valence-electron chi connectivity index (χ2n) is 4.67. The number of nitro benzene ring substituents is 1. The number of non-ortho nitro benzene ring substituents is 1. The van der Waals surface area contributed by atoms with E-state index in [9.17, 15) is 28.1 Å². The molecule has 0 aliphatic rings. The van der Waals surface area contributed by atoms with Gasteiger partial charge >= 0.3 is 0 Å². The van der Waals surface area contributed by atoms with Gasteiger partial charge in [0, 0.05) is 28.4 Å². The van der Waals surface area contributed by atoms with Crippen molar-refractivity contribution in [2.24, 2.45) is 0 Å². The number of nitro groups is 1. The number of benzene rings is 2. The zero-order valence-electron chi connectivity index (χ0n) is 11.9. The van der Waals surface area contributed by atoms with Gasteiger partial charge in [-0.25, -0.2) is 13.2 Å². The molecule has 0 bridgehead atoms. The van der Waals surface area contributed by atoms with Crippen molar-refractivity contribution < 1.29 is 22.9 Å². The molecule has 2 aromatic rings. The van der Waals surface area contributed by atoms with E-state index >= 15 is 0 Å². The summed E-state index contributed by atoms with van der Waals surface area (Å²) < 4.78 is 39.6. The molecular weight excluding hydrogens is 349 g/mol. The first-order valence-electron chi connectivity index (χ1n) is 6.57. The van der Waals surface area contributed by atoms with E-state index in [1.807, 2.05) is 0 Å². The maximum atomic E-state index is 14.0. The summed E-state index contributed by atoms with van der Waals surface area (Å²) in [5.74, 6) is -1.07. The molecule has 0 N–H and O–H groups in total. The lowest BCUT2D eigenvalue weighted by Gasteiger charge is -2.26. The Morgan fingerprint density at radius 1 is 1.12 bits per heavy atom. The molecule has 0 aromatic heterocycles. The van der Waals surface area contributed by atoms with E-state index in [0.717, 1.165) is 24.3 Å². The largest absolute Gasteiger partial charge is 0.288 e. The first-order valence-corrected chi connectivity index (χ1v) is 6.95. The first kappa shape index (κ1) is 17.7. The van der Waals surface area contributed by atoms with E-state index in [4.69, 9.17) is 11.6 Å². The highest BCUT2D eigenvalue weighted by Gasteiger charge is 2.33. The summed E-state index contributed by atoms with van der Waals surface area (Å²) in [7, 11) is 0. The van der Waals surface area contributed by atoms with Crippen LogP contribution in [0.1, 0.15) is 10.4 Å². The molecule has 0 heterocycles. The summed E-state index contributed by atoms with van der Waals surface area (Å²) in [6.07, 6.45) is -6.34. The molecule has 0 aliphatic carbocycles. The van der Waals surface area contributed by atoms with Gasteiger partial charge in [0.25, 0.3) is 18.0 Å². The molecule has 0 saturated heterocycles. The fourth-order valence-corrected chi connectivity index (χ4v) is 2.16. The minimum atomic E-state index is -3.44.